The van der Waals surface area contributed by atoms with Crippen LogP contribution in [0.2, 0.25) is 0 Å². The molecule has 0 spiro atoms. The van der Waals surface area contributed by atoms with Crippen LogP contribution < -0.4 is 10.6 Å². The second-order valence-electron chi connectivity index (χ2n) is 8.14. The fourth-order valence-electron chi connectivity index (χ4n) is 3.76. The van der Waals surface area contributed by atoms with Gasteiger partial charge in [-0.1, -0.05) is 54.6 Å². The third-order valence-electron chi connectivity index (χ3n) is 5.67. The normalized spacial score (nSPS) is 13.3. The minimum Gasteiger partial charge on any atom is -0.358 e. The van der Waals surface area contributed by atoms with Gasteiger partial charge in [0.05, 0.1) is 4.90 Å². The Morgan fingerprint density at radius 2 is 1.64 bits per heavy atom. The average molecular weight is 469 g/mol. The highest BCUT2D eigenvalue weighted by Gasteiger charge is 2.24. The molecule has 0 saturated carbocycles. The Labute approximate surface area is 195 Å². The average Bonchev–Trinajstić information content (AvgIpc) is 2.81. The first-order valence-corrected chi connectivity index (χ1v) is 12.7. The van der Waals surface area contributed by atoms with Gasteiger partial charge in [0.25, 0.3) is 0 Å². The molecule has 0 radical (unpaired) electrons. The smallest absolute Gasteiger partial charge is 0.241 e. The number of benzene rings is 3. The summed E-state index contributed by atoms with van der Waals surface area (Å²) in [5.74, 6) is -0.442. The molecule has 3 aromatic carbocycles. The van der Waals surface area contributed by atoms with Crippen LogP contribution in [0.3, 0.4) is 0 Å². The van der Waals surface area contributed by atoms with Crippen LogP contribution >= 0.6 is 0 Å². The van der Waals surface area contributed by atoms with Crippen LogP contribution in [0.4, 0.5) is 4.39 Å². The number of carbonyl (C=O) groups is 1. The van der Waals surface area contributed by atoms with E-state index < -0.39 is 15.9 Å². The first-order chi connectivity index (χ1) is 15.7. The van der Waals surface area contributed by atoms with Crippen LogP contribution in [0.1, 0.15) is 40.8 Å². The van der Waals surface area contributed by atoms with Gasteiger partial charge >= 0.3 is 0 Å². The van der Waals surface area contributed by atoms with E-state index in [9.17, 15) is 17.6 Å². The maximum absolute atomic E-state index is 13.9. The quantitative estimate of drug-likeness (QED) is 0.491. The van der Waals surface area contributed by atoms with Gasteiger partial charge in [-0.15, -0.1) is 0 Å². The number of sulfone groups is 1. The standard InChI is InChI=1S/C26H29FN2O3S/c1-18-17-21(12-15-23(18)27)24(16-11-19-9-13-22(14-10-19)33(3,31)32)29-25(26(30)28-2)20-7-5-4-6-8-20/h4-10,12-15,17,24-25,29H,11,16H2,1-3H3,(H,28,30)/t24-,25+/m0/s1. The van der Waals surface area contributed by atoms with Crippen LogP contribution in [0, 0.1) is 12.7 Å². The molecule has 0 aliphatic carbocycles. The van der Waals surface area contributed by atoms with Crippen molar-refractivity contribution in [3.8, 4) is 0 Å². The van der Waals surface area contributed by atoms with Crippen molar-refractivity contribution >= 4 is 15.7 Å². The summed E-state index contributed by atoms with van der Waals surface area (Å²) in [7, 11) is -1.66. The SMILES string of the molecule is CNC(=O)[C@H](N[C@@H](CCc1ccc(S(C)(=O)=O)cc1)c1ccc(F)c(C)c1)c1ccccc1. The highest BCUT2D eigenvalue weighted by atomic mass is 32.2. The first kappa shape index (κ1) is 24.6. The van der Waals surface area contributed by atoms with Crippen molar-refractivity contribution in [3.05, 3.63) is 101 Å². The molecule has 0 aliphatic heterocycles. The van der Waals surface area contributed by atoms with Crippen molar-refractivity contribution in [3.63, 3.8) is 0 Å². The molecule has 33 heavy (non-hydrogen) atoms. The Morgan fingerprint density at radius 3 is 2.21 bits per heavy atom. The predicted molar refractivity (Wildman–Crippen MR) is 128 cm³/mol. The third kappa shape index (κ3) is 6.49. The maximum atomic E-state index is 13.9. The van der Waals surface area contributed by atoms with Gasteiger partial charge in [0.1, 0.15) is 11.9 Å². The van der Waals surface area contributed by atoms with Crippen LogP contribution in [0.25, 0.3) is 0 Å². The summed E-state index contributed by atoms with van der Waals surface area (Å²) >= 11 is 0. The summed E-state index contributed by atoms with van der Waals surface area (Å²) in [5, 5.41) is 6.18. The van der Waals surface area contributed by atoms with Crippen LogP contribution in [0.5, 0.6) is 0 Å². The fourth-order valence-corrected chi connectivity index (χ4v) is 4.39. The van der Waals surface area contributed by atoms with Gasteiger partial charge < -0.3 is 5.32 Å². The van der Waals surface area contributed by atoms with Gasteiger partial charge in [-0.25, -0.2) is 12.8 Å². The second kappa shape index (κ2) is 10.7. The molecule has 0 aliphatic rings. The van der Waals surface area contributed by atoms with E-state index >= 15 is 0 Å². The summed E-state index contributed by atoms with van der Waals surface area (Å²) < 4.78 is 37.4. The molecule has 0 heterocycles. The molecule has 0 saturated heterocycles. The lowest BCUT2D eigenvalue weighted by atomic mass is 9.95. The third-order valence-corrected chi connectivity index (χ3v) is 6.80. The lowest BCUT2D eigenvalue weighted by Gasteiger charge is -2.26. The summed E-state index contributed by atoms with van der Waals surface area (Å²) in [6, 6.07) is 20.4. The molecule has 3 rings (SSSR count). The van der Waals surface area contributed by atoms with E-state index in [2.05, 4.69) is 10.6 Å². The molecule has 1 amide bonds. The van der Waals surface area contributed by atoms with E-state index in [1.165, 1.54) is 12.3 Å². The number of aryl methyl sites for hydroxylation is 2. The highest BCUT2D eigenvalue weighted by Crippen LogP contribution is 2.26. The number of hydrogen-bond donors (Lipinski definition) is 2. The zero-order valence-electron chi connectivity index (χ0n) is 19.0. The molecule has 3 aromatic rings. The van der Waals surface area contributed by atoms with Crippen molar-refractivity contribution in [1.82, 2.24) is 10.6 Å². The molecular formula is C26H29FN2O3S. The molecular weight excluding hydrogens is 439 g/mol. The van der Waals surface area contributed by atoms with E-state index in [0.29, 0.717) is 18.4 Å². The van der Waals surface area contributed by atoms with Crippen molar-refractivity contribution in [2.75, 3.05) is 13.3 Å². The van der Waals surface area contributed by atoms with Crippen LogP contribution in [0.15, 0.2) is 77.7 Å². The Hall–Kier alpha value is -3.03. The maximum Gasteiger partial charge on any atom is 0.241 e. The predicted octanol–water partition coefficient (Wildman–Crippen LogP) is 4.29. The molecule has 2 N–H and O–H groups in total. The van der Waals surface area contributed by atoms with Gasteiger partial charge in [0.2, 0.25) is 5.91 Å². The van der Waals surface area contributed by atoms with Crippen LogP contribution in [-0.2, 0) is 21.1 Å². The van der Waals surface area contributed by atoms with E-state index in [-0.39, 0.29) is 22.7 Å². The van der Waals surface area contributed by atoms with Crippen molar-refractivity contribution in [2.45, 2.75) is 36.7 Å². The van der Waals surface area contributed by atoms with Crippen LogP contribution in [-0.4, -0.2) is 27.6 Å². The molecule has 0 bridgehead atoms. The number of likely N-dealkylation sites (N-methyl/N-ethyl adjacent to an activating group) is 1. The summed E-state index contributed by atoms with van der Waals surface area (Å²) in [6.45, 7) is 1.72. The summed E-state index contributed by atoms with van der Waals surface area (Å²) in [5.41, 5.74) is 3.22. The van der Waals surface area contributed by atoms with Gasteiger partial charge in [0.15, 0.2) is 9.84 Å². The van der Waals surface area contributed by atoms with Crippen molar-refractivity contribution in [2.24, 2.45) is 0 Å². The number of hydrogen-bond acceptors (Lipinski definition) is 4. The van der Waals surface area contributed by atoms with E-state index in [0.717, 1.165) is 16.7 Å². The van der Waals surface area contributed by atoms with Gasteiger partial charge in [-0.2, -0.15) is 0 Å². The zero-order valence-corrected chi connectivity index (χ0v) is 19.8. The molecule has 0 fully saturated rings. The summed E-state index contributed by atoms with van der Waals surface area (Å²) in [6.07, 6.45) is 2.46. The molecule has 5 nitrogen and oxygen atoms in total. The lowest BCUT2D eigenvalue weighted by Crippen LogP contribution is -2.38. The fraction of sp³-hybridized carbons (Fsp3) is 0.269. The number of halogens is 1. The second-order valence-corrected chi connectivity index (χ2v) is 10.2. The van der Waals surface area contributed by atoms with Gasteiger partial charge in [0, 0.05) is 19.3 Å². The Morgan fingerprint density at radius 1 is 0.970 bits per heavy atom. The van der Waals surface area contributed by atoms with E-state index in [1.807, 2.05) is 30.3 Å². The van der Waals surface area contributed by atoms with Gasteiger partial charge in [-0.05, 0) is 60.2 Å². The van der Waals surface area contributed by atoms with Crippen molar-refractivity contribution in [1.29, 1.82) is 0 Å². The largest absolute Gasteiger partial charge is 0.358 e. The Kier molecular flexibility index (Phi) is 8.00. The van der Waals surface area contributed by atoms with E-state index in [1.54, 1.807) is 50.4 Å². The number of carbonyl (C=O) groups excluding carboxylic acids is 1. The Bertz CT molecular complexity index is 1200. The number of amides is 1. The highest BCUT2D eigenvalue weighted by molar-refractivity contribution is 7.90. The molecule has 174 valence electrons. The molecule has 2 atom stereocenters. The minimum atomic E-state index is -3.25. The van der Waals surface area contributed by atoms with Crippen molar-refractivity contribution < 1.29 is 17.6 Å². The monoisotopic (exact) mass is 468 g/mol. The summed E-state index contributed by atoms with van der Waals surface area (Å²) in [4.78, 5) is 13.0. The van der Waals surface area contributed by atoms with Gasteiger partial charge in [-0.3, -0.25) is 10.1 Å². The molecule has 0 aromatic heterocycles. The molecule has 0 unspecified atom stereocenters. The minimum absolute atomic E-state index is 0.164. The Balaban J connectivity index is 1.88. The lowest BCUT2D eigenvalue weighted by molar-refractivity contribution is -0.123. The number of rotatable bonds is 9. The topological polar surface area (TPSA) is 75.3 Å². The van der Waals surface area contributed by atoms with E-state index in [4.69, 9.17) is 0 Å². The zero-order chi connectivity index (χ0) is 24.0. The molecule has 7 heteroatoms. The number of nitrogens with one attached hydrogen (secondary N) is 2. The first-order valence-electron chi connectivity index (χ1n) is 10.8.